The van der Waals surface area contributed by atoms with E-state index in [0.717, 1.165) is 66.5 Å². The molecule has 3 N–H and O–H groups in total. The number of hydrogen-bond acceptors (Lipinski definition) is 6. The van der Waals surface area contributed by atoms with E-state index in [0.29, 0.717) is 5.65 Å². The fraction of sp³-hybridized carbons (Fsp3) is 0.524. The molecule has 30 heavy (non-hydrogen) atoms. The summed E-state index contributed by atoms with van der Waals surface area (Å²) >= 11 is 3.56. The Morgan fingerprint density at radius 2 is 2.07 bits per heavy atom. The maximum atomic E-state index is 9.42. The van der Waals surface area contributed by atoms with Crippen LogP contribution in [0.2, 0.25) is 0 Å². The minimum atomic E-state index is -0.0797. The topological polar surface area (TPSA) is 91.2 Å². The third-order valence-corrected chi connectivity index (χ3v) is 6.31. The van der Waals surface area contributed by atoms with E-state index in [1.807, 2.05) is 6.92 Å². The SMILES string of the molecule is Cc1cc(-c2nc3ncc(Br)c(N[C@@H](C)CO)c3[nH]2)c(C)n1CCN1CCOCC1. The average molecular weight is 477 g/mol. The van der Waals surface area contributed by atoms with Crippen LogP contribution in [0.3, 0.4) is 0 Å². The molecule has 0 bridgehead atoms. The molecule has 0 spiro atoms. The maximum Gasteiger partial charge on any atom is 0.180 e. The van der Waals surface area contributed by atoms with Crippen molar-refractivity contribution < 1.29 is 9.84 Å². The fourth-order valence-electron chi connectivity index (χ4n) is 3.95. The Labute approximate surface area is 184 Å². The van der Waals surface area contributed by atoms with Gasteiger partial charge in [0.1, 0.15) is 11.3 Å². The van der Waals surface area contributed by atoms with E-state index < -0.39 is 0 Å². The predicted molar refractivity (Wildman–Crippen MR) is 122 cm³/mol. The van der Waals surface area contributed by atoms with Crippen LogP contribution in [0.15, 0.2) is 16.7 Å². The number of nitrogens with zero attached hydrogens (tertiary/aromatic N) is 4. The van der Waals surface area contributed by atoms with E-state index >= 15 is 0 Å². The standard InChI is InChI=1S/C21H29BrN6O2/c1-13(12-29)24-18-17(22)11-23-21-19(18)25-20(26-21)16-10-14(2)28(15(16)3)5-4-27-6-8-30-9-7-27/h10-11,13,29H,4-9,12H2,1-3H3,(H2,23,24,25,26)/t13-/m0/s1. The van der Waals surface area contributed by atoms with Crippen LogP contribution in [0.5, 0.6) is 0 Å². The van der Waals surface area contributed by atoms with Crippen LogP contribution in [-0.4, -0.2) is 75.0 Å². The van der Waals surface area contributed by atoms with Crippen molar-refractivity contribution in [1.29, 1.82) is 0 Å². The van der Waals surface area contributed by atoms with Crippen molar-refractivity contribution in [2.75, 3.05) is 44.8 Å². The second-order valence-corrected chi connectivity index (χ2v) is 8.74. The largest absolute Gasteiger partial charge is 0.394 e. The first-order chi connectivity index (χ1) is 14.5. The lowest BCUT2D eigenvalue weighted by Crippen LogP contribution is -2.38. The van der Waals surface area contributed by atoms with Gasteiger partial charge in [-0.3, -0.25) is 4.90 Å². The Kier molecular flexibility index (Phi) is 6.43. The van der Waals surface area contributed by atoms with Crippen molar-refractivity contribution >= 4 is 32.8 Å². The molecule has 0 aromatic carbocycles. The van der Waals surface area contributed by atoms with Gasteiger partial charge in [0.2, 0.25) is 0 Å². The summed E-state index contributed by atoms with van der Waals surface area (Å²) in [4.78, 5) is 15.1. The number of aliphatic hydroxyl groups excluding tert-OH is 1. The second-order valence-electron chi connectivity index (χ2n) is 7.88. The normalized spacial score (nSPS) is 16.3. The number of ether oxygens (including phenoxy) is 1. The van der Waals surface area contributed by atoms with Crippen LogP contribution in [0, 0.1) is 13.8 Å². The predicted octanol–water partition coefficient (Wildman–Crippen LogP) is 2.93. The van der Waals surface area contributed by atoms with Crippen LogP contribution in [0.25, 0.3) is 22.6 Å². The Morgan fingerprint density at radius 1 is 1.30 bits per heavy atom. The van der Waals surface area contributed by atoms with Crippen LogP contribution < -0.4 is 5.32 Å². The highest BCUT2D eigenvalue weighted by Crippen LogP contribution is 2.32. The van der Waals surface area contributed by atoms with E-state index in [9.17, 15) is 5.11 Å². The lowest BCUT2D eigenvalue weighted by Gasteiger charge is -2.27. The number of hydrogen-bond donors (Lipinski definition) is 3. The summed E-state index contributed by atoms with van der Waals surface area (Å²) in [6.45, 7) is 11.9. The molecule has 1 atom stereocenters. The number of fused-ring (bicyclic) bond motifs is 1. The van der Waals surface area contributed by atoms with Crippen molar-refractivity contribution in [2.45, 2.75) is 33.4 Å². The van der Waals surface area contributed by atoms with Gasteiger partial charge in [0, 0.05) is 55.4 Å². The van der Waals surface area contributed by atoms with Crippen LogP contribution >= 0.6 is 15.9 Å². The first-order valence-corrected chi connectivity index (χ1v) is 11.2. The first-order valence-electron chi connectivity index (χ1n) is 10.4. The van der Waals surface area contributed by atoms with E-state index in [-0.39, 0.29) is 12.6 Å². The summed E-state index contributed by atoms with van der Waals surface area (Å²) in [6.07, 6.45) is 1.74. The third-order valence-electron chi connectivity index (χ3n) is 5.71. The Bertz CT molecular complexity index is 1020. The van der Waals surface area contributed by atoms with Gasteiger partial charge in [-0.1, -0.05) is 0 Å². The van der Waals surface area contributed by atoms with Gasteiger partial charge in [-0.15, -0.1) is 0 Å². The molecule has 0 unspecified atom stereocenters. The molecule has 0 amide bonds. The molecule has 0 aliphatic carbocycles. The molecule has 3 aromatic rings. The highest BCUT2D eigenvalue weighted by Gasteiger charge is 2.19. The molecule has 1 aliphatic rings. The third kappa shape index (κ3) is 4.25. The number of aromatic amines is 1. The molecule has 1 aliphatic heterocycles. The van der Waals surface area contributed by atoms with Gasteiger partial charge in [0.25, 0.3) is 0 Å². The molecule has 4 heterocycles. The highest BCUT2D eigenvalue weighted by atomic mass is 79.9. The molecule has 3 aromatic heterocycles. The average Bonchev–Trinajstić information content (AvgIpc) is 3.30. The molecule has 0 radical (unpaired) electrons. The van der Waals surface area contributed by atoms with Crippen molar-refractivity contribution in [3.05, 3.63) is 28.1 Å². The smallest absolute Gasteiger partial charge is 0.180 e. The summed E-state index contributed by atoms with van der Waals surface area (Å²) in [5.41, 5.74) is 5.85. The summed E-state index contributed by atoms with van der Waals surface area (Å²) in [7, 11) is 0. The lowest BCUT2D eigenvalue weighted by molar-refractivity contribution is 0.0363. The van der Waals surface area contributed by atoms with Crippen molar-refractivity contribution in [1.82, 2.24) is 24.4 Å². The molecular formula is C21H29BrN6O2. The summed E-state index contributed by atoms with van der Waals surface area (Å²) in [5.74, 6) is 0.807. The number of aromatic nitrogens is 4. The minimum Gasteiger partial charge on any atom is -0.394 e. The molecule has 162 valence electrons. The Morgan fingerprint density at radius 3 is 2.80 bits per heavy atom. The number of H-pyrrole nitrogens is 1. The van der Waals surface area contributed by atoms with E-state index in [4.69, 9.17) is 9.72 Å². The number of rotatable bonds is 7. The fourth-order valence-corrected chi connectivity index (χ4v) is 4.36. The molecule has 4 rings (SSSR count). The van der Waals surface area contributed by atoms with E-state index in [2.05, 4.69) is 60.6 Å². The van der Waals surface area contributed by atoms with Gasteiger partial charge in [0.15, 0.2) is 5.65 Å². The van der Waals surface area contributed by atoms with Gasteiger partial charge >= 0.3 is 0 Å². The Balaban J connectivity index is 1.63. The second kappa shape index (κ2) is 9.05. The van der Waals surface area contributed by atoms with Crippen molar-refractivity contribution in [3.63, 3.8) is 0 Å². The molecule has 8 nitrogen and oxygen atoms in total. The number of imidazole rings is 1. The number of aryl methyl sites for hydroxylation is 1. The Hall–Kier alpha value is -1.94. The zero-order valence-electron chi connectivity index (χ0n) is 17.7. The minimum absolute atomic E-state index is 0.0432. The highest BCUT2D eigenvalue weighted by molar-refractivity contribution is 9.10. The summed E-state index contributed by atoms with van der Waals surface area (Å²) in [6, 6.07) is 2.11. The van der Waals surface area contributed by atoms with Gasteiger partial charge in [-0.2, -0.15) is 0 Å². The van der Waals surface area contributed by atoms with E-state index in [1.54, 1.807) is 6.20 Å². The van der Waals surface area contributed by atoms with Crippen molar-refractivity contribution in [3.8, 4) is 11.4 Å². The summed E-state index contributed by atoms with van der Waals surface area (Å²) in [5, 5.41) is 12.8. The zero-order chi connectivity index (χ0) is 21.3. The van der Waals surface area contributed by atoms with Gasteiger partial charge in [0.05, 0.1) is 30.0 Å². The molecule has 9 heteroatoms. The molecular weight excluding hydrogens is 448 g/mol. The van der Waals surface area contributed by atoms with Crippen LogP contribution in [0.4, 0.5) is 5.69 Å². The molecule has 1 saturated heterocycles. The molecule has 0 saturated carbocycles. The monoisotopic (exact) mass is 476 g/mol. The van der Waals surface area contributed by atoms with Crippen LogP contribution in [-0.2, 0) is 11.3 Å². The first kappa shape index (κ1) is 21.3. The summed E-state index contributed by atoms with van der Waals surface area (Å²) < 4.78 is 8.64. The number of pyridine rings is 1. The van der Waals surface area contributed by atoms with Gasteiger partial charge in [-0.25, -0.2) is 9.97 Å². The number of aliphatic hydroxyl groups is 1. The van der Waals surface area contributed by atoms with Crippen molar-refractivity contribution in [2.24, 2.45) is 0 Å². The number of anilines is 1. The van der Waals surface area contributed by atoms with Crippen LogP contribution in [0.1, 0.15) is 18.3 Å². The van der Waals surface area contributed by atoms with Gasteiger partial charge in [-0.05, 0) is 42.8 Å². The number of morpholine rings is 1. The quantitative estimate of drug-likeness (QED) is 0.485. The van der Waals surface area contributed by atoms with E-state index in [1.165, 1.54) is 11.4 Å². The number of halogens is 1. The maximum absolute atomic E-state index is 9.42. The lowest BCUT2D eigenvalue weighted by atomic mass is 10.2. The zero-order valence-corrected chi connectivity index (χ0v) is 19.3. The number of nitrogens with one attached hydrogen (secondary N) is 2. The molecule has 1 fully saturated rings. The van der Waals surface area contributed by atoms with Gasteiger partial charge < -0.3 is 24.7 Å².